The van der Waals surface area contributed by atoms with Gasteiger partial charge in [-0.1, -0.05) is 18.3 Å². The second kappa shape index (κ2) is 6.49. The number of non-ortho nitro benzene ring substituents is 1. The third kappa shape index (κ3) is 3.34. The molecule has 2 rings (SSSR count). The maximum atomic E-state index is 13.8. The zero-order valence-corrected chi connectivity index (χ0v) is 11.6. The molecular formula is C12H13FN4O2S. The smallest absolute Gasteiger partial charge is 0.272 e. The van der Waals surface area contributed by atoms with Crippen molar-refractivity contribution in [2.45, 2.75) is 13.3 Å². The lowest BCUT2D eigenvalue weighted by atomic mass is 10.2. The van der Waals surface area contributed by atoms with E-state index in [0.29, 0.717) is 5.01 Å². The fraction of sp³-hybridized carbons (Fsp3) is 0.333. The molecule has 0 saturated heterocycles. The van der Waals surface area contributed by atoms with E-state index in [0.717, 1.165) is 30.6 Å². The molecule has 0 aliphatic carbocycles. The number of hydrogen-bond acceptors (Lipinski definition) is 6. The van der Waals surface area contributed by atoms with Gasteiger partial charge in [-0.05, 0) is 12.6 Å². The van der Waals surface area contributed by atoms with Crippen LogP contribution >= 0.6 is 11.3 Å². The molecule has 0 bridgehead atoms. The van der Waals surface area contributed by atoms with Gasteiger partial charge in [0.2, 0.25) is 0 Å². The number of nitrogens with zero attached hydrogens (tertiary/aromatic N) is 3. The van der Waals surface area contributed by atoms with Crippen molar-refractivity contribution in [3.05, 3.63) is 39.1 Å². The van der Waals surface area contributed by atoms with Crippen LogP contribution in [0.3, 0.4) is 0 Å². The average molecular weight is 296 g/mol. The SMILES string of the molecule is CCNCCc1nnc(-c2ccc([N+](=O)[O-])cc2F)s1. The van der Waals surface area contributed by atoms with Crippen molar-refractivity contribution in [1.82, 2.24) is 15.5 Å². The number of likely N-dealkylation sites (N-methyl/N-ethyl adjacent to an activating group) is 1. The predicted molar refractivity (Wildman–Crippen MR) is 74.2 cm³/mol. The summed E-state index contributed by atoms with van der Waals surface area (Å²) in [4.78, 5) is 9.93. The molecule has 0 radical (unpaired) electrons. The lowest BCUT2D eigenvalue weighted by molar-refractivity contribution is -0.385. The van der Waals surface area contributed by atoms with Gasteiger partial charge in [0, 0.05) is 24.6 Å². The maximum absolute atomic E-state index is 13.8. The second-order valence-electron chi connectivity index (χ2n) is 4.03. The molecule has 0 amide bonds. The molecule has 1 aromatic heterocycles. The Balaban J connectivity index is 2.17. The molecule has 0 fully saturated rings. The fourth-order valence-corrected chi connectivity index (χ4v) is 2.49. The van der Waals surface area contributed by atoms with Crippen LogP contribution in [0.25, 0.3) is 10.6 Å². The molecule has 6 nitrogen and oxygen atoms in total. The molecule has 0 aliphatic rings. The first kappa shape index (κ1) is 14.5. The van der Waals surface area contributed by atoms with Crippen molar-refractivity contribution in [1.29, 1.82) is 0 Å². The summed E-state index contributed by atoms with van der Waals surface area (Å²) in [6, 6.07) is 3.52. The van der Waals surface area contributed by atoms with E-state index in [2.05, 4.69) is 15.5 Å². The van der Waals surface area contributed by atoms with Gasteiger partial charge in [-0.3, -0.25) is 10.1 Å². The summed E-state index contributed by atoms with van der Waals surface area (Å²) in [5.41, 5.74) is -0.0362. The monoisotopic (exact) mass is 296 g/mol. The summed E-state index contributed by atoms with van der Waals surface area (Å²) < 4.78 is 13.8. The Hall–Kier alpha value is -1.93. The van der Waals surface area contributed by atoms with Gasteiger partial charge in [-0.25, -0.2) is 4.39 Å². The number of hydrogen-bond donors (Lipinski definition) is 1. The maximum Gasteiger partial charge on any atom is 0.272 e. The van der Waals surface area contributed by atoms with E-state index in [1.165, 1.54) is 23.5 Å². The quantitative estimate of drug-likeness (QED) is 0.503. The van der Waals surface area contributed by atoms with Crippen LogP contribution in [0.2, 0.25) is 0 Å². The molecule has 0 atom stereocenters. The molecule has 0 spiro atoms. The van der Waals surface area contributed by atoms with Crippen molar-refractivity contribution in [2.75, 3.05) is 13.1 Å². The molecular weight excluding hydrogens is 283 g/mol. The summed E-state index contributed by atoms with van der Waals surface area (Å²) >= 11 is 1.29. The summed E-state index contributed by atoms with van der Waals surface area (Å²) in [5, 5.41) is 22.9. The van der Waals surface area contributed by atoms with Crippen LogP contribution in [0.5, 0.6) is 0 Å². The molecule has 0 aliphatic heterocycles. The number of rotatable bonds is 6. The average Bonchev–Trinajstić information content (AvgIpc) is 2.87. The fourth-order valence-electron chi connectivity index (χ4n) is 1.63. The highest BCUT2D eigenvalue weighted by Crippen LogP contribution is 2.28. The third-order valence-corrected chi connectivity index (χ3v) is 3.64. The highest BCUT2D eigenvalue weighted by Gasteiger charge is 2.15. The summed E-state index contributed by atoms with van der Waals surface area (Å²) in [5.74, 6) is -0.659. The standard InChI is InChI=1S/C12H13FN4O2S/c1-2-14-6-5-11-15-16-12(20-11)9-4-3-8(17(18)19)7-10(9)13/h3-4,7,14H,2,5-6H2,1H3. The second-order valence-corrected chi connectivity index (χ2v) is 5.09. The molecule has 1 heterocycles. The van der Waals surface area contributed by atoms with E-state index in [-0.39, 0.29) is 11.3 Å². The van der Waals surface area contributed by atoms with Gasteiger partial charge in [0.15, 0.2) is 5.01 Å². The van der Waals surface area contributed by atoms with Crippen molar-refractivity contribution in [3.63, 3.8) is 0 Å². The van der Waals surface area contributed by atoms with Gasteiger partial charge < -0.3 is 5.32 Å². The molecule has 1 N–H and O–H groups in total. The van der Waals surface area contributed by atoms with Crippen molar-refractivity contribution >= 4 is 17.0 Å². The minimum absolute atomic E-state index is 0.239. The molecule has 0 saturated carbocycles. The Kier molecular flexibility index (Phi) is 4.70. The topological polar surface area (TPSA) is 81.0 Å². The minimum Gasteiger partial charge on any atom is -0.317 e. The van der Waals surface area contributed by atoms with Crippen LogP contribution in [-0.2, 0) is 6.42 Å². The van der Waals surface area contributed by atoms with Crippen LogP contribution in [0.4, 0.5) is 10.1 Å². The van der Waals surface area contributed by atoms with Crippen LogP contribution < -0.4 is 5.32 Å². The first-order chi connectivity index (χ1) is 9.61. The van der Waals surface area contributed by atoms with Crippen LogP contribution in [0, 0.1) is 15.9 Å². The number of halogens is 1. The number of nitro groups is 1. The Bertz CT molecular complexity index is 617. The molecule has 106 valence electrons. The lowest BCUT2D eigenvalue weighted by Crippen LogP contribution is -2.15. The minimum atomic E-state index is -0.659. The number of benzene rings is 1. The van der Waals surface area contributed by atoms with E-state index in [1.54, 1.807) is 0 Å². The highest BCUT2D eigenvalue weighted by atomic mass is 32.1. The molecule has 1 aromatic carbocycles. The number of aromatic nitrogens is 2. The van der Waals surface area contributed by atoms with Crippen LogP contribution in [0.15, 0.2) is 18.2 Å². The number of nitro benzene ring substituents is 1. The van der Waals surface area contributed by atoms with Gasteiger partial charge in [0.1, 0.15) is 10.8 Å². The molecule has 2 aromatic rings. The Labute approximate surface area is 118 Å². The molecule has 20 heavy (non-hydrogen) atoms. The predicted octanol–water partition coefficient (Wildman–Crippen LogP) is 2.40. The summed E-state index contributed by atoms with van der Waals surface area (Å²) in [7, 11) is 0. The molecule has 8 heteroatoms. The summed E-state index contributed by atoms with van der Waals surface area (Å²) in [6.07, 6.45) is 0.722. The van der Waals surface area contributed by atoms with Crippen molar-refractivity contribution in [3.8, 4) is 10.6 Å². The van der Waals surface area contributed by atoms with E-state index in [4.69, 9.17) is 0 Å². The van der Waals surface area contributed by atoms with Gasteiger partial charge in [-0.2, -0.15) is 0 Å². The first-order valence-electron chi connectivity index (χ1n) is 6.09. The van der Waals surface area contributed by atoms with Crippen molar-refractivity contribution in [2.24, 2.45) is 0 Å². The first-order valence-corrected chi connectivity index (χ1v) is 6.91. The normalized spacial score (nSPS) is 10.7. The highest BCUT2D eigenvalue weighted by molar-refractivity contribution is 7.14. The van der Waals surface area contributed by atoms with E-state index < -0.39 is 10.7 Å². The van der Waals surface area contributed by atoms with Gasteiger partial charge in [0.05, 0.1) is 11.0 Å². The zero-order valence-electron chi connectivity index (χ0n) is 10.8. The van der Waals surface area contributed by atoms with Gasteiger partial charge in [-0.15, -0.1) is 10.2 Å². The number of nitrogens with one attached hydrogen (secondary N) is 1. The van der Waals surface area contributed by atoms with E-state index in [9.17, 15) is 14.5 Å². The Morgan fingerprint density at radius 2 is 2.25 bits per heavy atom. The molecule has 0 unspecified atom stereocenters. The van der Waals surface area contributed by atoms with Gasteiger partial charge in [0.25, 0.3) is 5.69 Å². The summed E-state index contributed by atoms with van der Waals surface area (Å²) in [6.45, 7) is 3.67. The zero-order chi connectivity index (χ0) is 14.5. The lowest BCUT2D eigenvalue weighted by Gasteiger charge is -1.98. The van der Waals surface area contributed by atoms with Crippen LogP contribution in [0.1, 0.15) is 11.9 Å². The van der Waals surface area contributed by atoms with Crippen molar-refractivity contribution < 1.29 is 9.31 Å². The van der Waals surface area contributed by atoms with Crippen LogP contribution in [-0.4, -0.2) is 28.2 Å². The third-order valence-electron chi connectivity index (χ3n) is 2.63. The van der Waals surface area contributed by atoms with Gasteiger partial charge >= 0.3 is 0 Å². The van der Waals surface area contributed by atoms with E-state index >= 15 is 0 Å². The van der Waals surface area contributed by atoms with E-state index in [1.807, 2.05) is 6.92 Å². The largest absolute Gasteiger partial charge is 0.317 e. The Morgan fingerprint density at radius 3 is 2.90 bits per heavy atom. The Morgan fingerprint density at radius 1 is 1.45 bits per heavy atom.